The van der Waals surface area contributed by atoms with Gasteiger partial charge in [-0.05, 0) is 18.7 Å². The lowest BCUT2D eigenvalue weighted by atomic mass is 10.1. The molecule has 0 bridgehead atoms. The molecule has 0 spiro atoms. The standard InChI is InChI=1S/C14H17NO2S/c1-3-8-15-14(16)13-11(9-18-2)10-6-4-5-7-12(10)17-13/h4-7H,3,8-9H2,1-2H3,(H,15,16). The van der Waals surface area contributed by atoms with E-state index in [9.17, 15) is 4.79 Å². The molecule has 2 aromatic rings. The van der Waals surface area contributed by atoms with Gasteiger partial charge in [0.05, 0.1) is 0 Å². The largest absolute Gasteiger partial charge is 0.451 e. The Bertz CT molecular complexity index is 548. The molecule has 0 saturated heterocycles. The van der Waals surface area contributed by atoms with Gasteiger partial charge in [0.2, 0.25) is 0 Å². The Morgan fingerprint density at radius 3 is 2.89 bits per heavy atom. The second-order valence-electron chi connectivity index (χ2n) is 4.09. The van der Waals surface area contributed by atoms with E-state index in [0.717, 1.165) is 28.7 Å². The van der Waals surface area contributed by atoms with E-state index < -0.39 is 0 Å². The zero-order valence-corrected chi connectivity index (χ0v) is 11.5. The van der Waals surface area contributed by atoms with Crippen LogP contribution in [0.2, 0.25) is 0 Å². The van der Waals surface area contributed by atoms with Crippen LogP contribution in [0.15, 0.2) is 28.7 Å². The maximum Gasteiger partial charge on any atom is 0.287 e. The highest BCUT2D eigenvalue weighted by molar-refractivity contribution is 7.97. The smallest absolute Gasteiger partial charge is 0.287 e. The van der Waals surface area contributed by atoms with Gasteiger partial charge in [0, 0.05) is 23.2 Å². The van der Waals surface area contributed by atoms with Crippen LogP contribution in [0.5, 0.6) is 0 Å². The highest BCUT2D eigenvalue weighted by atomic mass is 32.2. The Kier molecular flexibility index (Phi) is 4.31. The molecule has 0 unspecified atom stereocenters. The van der Waals surface area contributed by atoms with Gasteiger partial charge in [-0.1, -0.05) is 25.1 Å². The summed E-state index contributed by atoms with van der Waals surface area (Å²) in [6.45, 7) is 2.70. The second kappa shape index (κ2) is 5.96. The first-order valence-corrected chi connectivity index (χ1v) is 7.44. The molecule has 0 aliphatic heterocycles. The normalized spacial score (nSPS) is 10.8. The van der Waals surface area contributed by atoms with Crippen LogP contribution in [-0.2, 0) is 5.75 Å². The predicted octanol–water partition coefficient (Wildman–Crippen LogP) is 3.44. The average molecular weight is 263 g/mol. The zero-order chi connectivity index (χ0) is 13.0. The average Bonchev–Trinajstić information content (AvgIpc) is 2.76. The van der Waals surface area contributed by atoms with Crippen LogP contribution in [-0.4, -0.2) is 18.7 Å². The van der Waals surface area contributed by atoms with Gasteiger partial charge in [-0.25, -0.2) is 0 Å². The van der Waals surface area contributed by atoms with Crippen LogP contribution in [0, 0.1) is 0 Å². The van der Waals surface area contributed by atoms with E-state index in [4.69, 9.17) is 4.42 Å². The van der Waals surface area contributed by atoms with Gasteiger partial charge in [-0.3, -0.25) is 4.79 Å². The molecule has 0 aliphatic carbocycles. The molecule has 1 heterocycles. The molecule has 1 aromatic heterocycles. The summed E-state index contributed by atoms with van der Waals surface area (Å²) in [5.74, 6) is 1.13. The minimum atomic E-state index is -0.114. The summed E-state index contributed by atoms with van der Waals surface area (Å²) >= 11 is 1.69. The van der Waals surface area contributed by atoms with Crippen molar-refractivity contribution in [2.45, 2.75) is 19.1 Å². The van der Waals surface area contributed by atoms with Crippen molar-refractivity contribution in [3.05, 3.63) is 35.6 Å². The Labute approximate surface area is 111 Å². The molecular weight excluding hydrogens is 246 g/mol. The first kappa shape index (κ1) is 13.0. The first-order chi connectivity index (χ1) is 8.77. The van der Waals surface area contributed by atoms with Crippen LogP contribution in [0.1, 0.15) is 29.5 Å². The number of nitrogens with one attached hydrogen (secondary N) is 1. The second-order valence-corrected chi connectivity index (χ2v) is 4.96. The van der Waals surface area contributed by atoms with Crippen molar-refractivity contribution in [3.8, 4) is 0 Å². The summed E-state index contributed by atoms with van der Waals surface area (Å²) in [5, 5.41) is 3.90. The van der Waals surface area contributed by atoms with E-state index in [-0.39, 0.29) is 5.91 Å². The van der Waals surface area contributed by atoms with E-state index >= 15 is 0 Å². The van der Waals surface area contributed by atoms with Gasteiger partial charge in [0.1, 0.15) is 5.58 Å². The number of carbonyl (C=O) groups is 1. The Morgan fingerprint density at radius 1 is 1.39 bits per heavy atom. The quantitative estimate of drug-likeness (QED) is 0.898. The molecule has 2 rings (SSSR count). The maximum atomic E-state index is 12.1. The fourth-order valence-corrected chi connectivity index (χ4v) is 2.46. The number of hydrogen-bond acceptors (Lipinski definition) is 3. The lowest BCUT2D eigenvalue weighted by Gasteiger charge is -2.02. The van der Waals surface area contributed by atoms with Crippen LogP contribution in [0.3, 0.4) is 0 Å². The van der Waals surface area contributed by atoms with Gasteiger partial charge in [-0.15, -0.1) is 0 Å². The summed E-state index contributed by atoms with van der Waals surface area (Å²) in [7, 11) is 0. The van der Waals surface area contributed by atoms with Gasteiger partial charge in [0.15, 0.2) is 5.76 Å². The van der Waals surface area contributed by atoms with Gasteiger partial charge >= 0.3 is 0 Å². The molecule has 1 N–H and O–H groups in total. The van der Waals surface area contributed by atoms with Crippen molar-refractivity contribution in [1.82, 2.24) is 5.32 Å². The first-order valence-electron chi connectivity index (χ1n) is 6.05. The number of carbonyl (C=O) groups excluding carboxylic acids is 1. The van der Waals surface area contributed by atoms with E-state index in [1.807, 2.05) is 37.4 Å². The van der Waals surface area contributed by atoms with Gasteiger partial charge in [0.25, 0.3) is 5.91 Å². The maximum absolute atomic E-state index is 12.1. The van der Waals surface area contributed by atoms with Gasteiger partial charge in [-0.2, -0.15) is 11.8 Å². The fourth-order valence-electron chi connectivity index (χ4n) is 1.89. The van der Waals surface area contributed by atoms with Crippen molar-refractivity contribution in [1.29, 1.82) is 0 Å². The predicted molar refractivity (Wildman–Crippen MR) is 76.1 cm³/mol. The highest BCUT2D eigenvalue weighted by Crippen LogP contribution is 2.28. The van der Waals surface area contributed by atoms with Crippen LogP contribution >= 0.6 is 11.8 Å². The molecule has 18 heavy (non-hydrogen) atoms. The molecular formula is C14H17NO2S. The third-order valence-corrected chi connectivity index (χ3v) is 3.31. The van der Waals surface area contributed by atoms with Crippen LogP contribution < -0.4 is 5.32 Å². The number of para-hydroxylation sites is 1. The van der Waals surface area contributed by atoms with Crippen LogP contribution in [0.4, 0.5) is 0 Å². The summed E-state index contributed by atoms with van der Waals surface area (Å²) in [6.07, 6.45) is 2.94. The SMILES string of the molecule is CCCNC(=O)c1oc2ccccc2c1CSC. The lowest BCUT2D eigenvalue weighted by Crippen LogP contribution is -2.24. The van der Waals surface area contributed by atoms with Crippen molar-refractivity contribution in [2.24, 2.45) is 0 Å². The molecule has 3 nitrogen and oxygen atoms in total. The molecule has 0 atom stereocenters. The molecule has 0 saturated carbocycles. The monoisotopic (exact) mass is 263 g/mol. The summed E-state index contributed by atoms with van der Waals surface area (Å²) in [5.41, 5.74) is 1.77. The van der Waals surface area contributed by atoms with Crippen molar-refractivity contribution < 1.29 is 9.21 Å². The molecule has 1 aromatic carbocycles. The molecule has 96 valence electrons. The number of amides is 1. The van der Waals surface area contributed by atoms with Crippen LogP contribution in [0.25, 0.3) is 11.0 Å². The zero-order valence-electron chi connectivity index (χ0n) is 10.7. The number of benzene rings is 1. The number of fused-ring (bicyclic) bond motifs is 1. The molecule has 0 radical (unpaired) electrons. The third kappa shape index (κ3) is 2.53. The summed E-state index contributed by atoms with van der Waals surface area (Å²) in [4.78, 5) is 12.1. The lowest BCUT2D eigenvalue weighted by molar-refractivity contribution is 0.0927. The Balaban J connectivity index is 2.41. The highest BCUT2D eigenvalue weighted by Gasteiger charge is 2.19. The van der Waals surface area contributed by atoms with Gasteiger partial charge < -0.3 is 9.73 Å². The number of furan rings is 1. The van der Waals surface area contributed by atoms with Crippen molar-refractivity contribution >= 4 is 28.6 Å². The molecule has 0 aliphatic rings. The number of hydrogen-bond donors (Lipinski definition) is 1. The van der Waals surface area contributed by atoms with E-state index in [0.29, 0.717) is 12.3 Å². The molecule has 4 heteroatoms. The van der Waals surface area contributed by atoms with Crippen molar-refractivity contribution in [3.63, 3.8) is 0 Å². The summed E-state index contributed by atoms with van der Waals surface area (Å²) in [6, 6.07) is 7.79. The molecule has 0 fully saturated rings. The minimum Gasteiger partial charge on any atom is -0.451 e. The van der Waals surface area contributed by atoms with Crippen molar-refractivity contribution in [2.75, 3.05) is 12.8 Å². The topological polar surface area (TPSA) is 42.2 Å². The number of thioether (sulfide) groups is 1. The third-order valence-electron chi connectivity index (χ3n) is 2.73. The number of rotatable bonds is 5. The Hall–Kier alpha value is -1.42. The minimum absolute atomic E-state index is 0.114. The summed E-state index contributed by atoms with van der Waals surface area (Å²) < 4.78 is 5.69. The molecule has 1 amide bonds. The Morgan fingerprint density at radius 2 is 2.17 bits per heavy atom. The van der Waals surface area contributed by atoms with E-state index in [1.165, 1.54) is 0 Å². The van der Waals surface area contributed by atoms with E-state index in [2.05, 4.69) is 5.32 Å². The van der Waals surface area contributed by atoms with E-state index in [1.54, 1.807) is 11.8 Å². The fraction of sp³-hybridized carbons (Fsp3) is 0.357.